The molecule has 0 radical (unpaired) electrons. The molecular weight excluding hydrogens is 392 g/mol. The van der Waals surface area contributed by atoms with E-state index in [1.807, 2.05) is 10.9 Å². The van der Waals surface area contributed by atoms with Gasteiger partial charge in [-0.1, -0.05) is 11.8 Å². The Hall–Kier alpha value is -3.16. The maximum absolute atomic E-state index is 13.2. The number of urea groups is 2. The number of rotatable bonds is 6. The molecule has 13 nitrogen and oxygen atoms in total. The van der Waals surface area contributed by atoms with E-state index in [2.05, 4.69) is 15.2 Å². The molecule has 2 unspecified atom stereocenters. The number of nitrogens with zero attached hydrogens (tertiary/aromatic N) is 4. The van der Waals surface area contributed by atoms with E-state index in [1.165, 1.54) is 32.8 Å². The number of carbonyl (C=O) groups is 4. The molecule has 0 saturated carbocycles. The third-order valence-electron chi connectivity index (χ3n) is 3.83. The van der Waals surface area contributed by atoms with E-state index < -0.39 is 34.6 Å². The fourth-order valence-corrected chi connectivity index (χ4v) is 3.99. The fourth-order valence-electron chi connectivity index (χ4n) is 2.59. The van der Waals surface area contributed by atoms with Gasteiger partial charge in [0.2, 0.25) is 0 Å². The van der Waals surface area contributed by atoms with Crippen molar-refractivity contribution in [1.82, 2.24) is 15.8 Å². The number of carbonyl (C=O) groups excluding carboxylic acids is 4. The van der Waals surface area contributed by atoms with Crippen LogP contribution in [-0.4, -0.2) is 71.4 Å². The van der Waals surface area contributed by atoms with Crippen molar-refractivity contribution in [2.75, 3.05) is 21.2 Å². The predicted octanol–water partition coefficient (Wildman–Crippen LogP) is -1.21. The summed E-state index contributed by atoms with van der Waals surface area (Å²) in [5.74, 6) is -2.72. The van der Waals surface area contributed by atoms with Crippen molar-refractivity contribution >= 4 is 52.3 Å². The first-order valence-corrected chi connectivity index (χ1v) is 8.56. The van der Waals surface area contributed by atoms with Crippen LogP contribution >= 0.6 is 11.8 Å². The lowest BCUT2D eigenvalue weighted by Crippen LogP contribution is -2.55. The number of esters is 1. The minimum absolute atomic E-state index is 0.0193. The summed E-state index contributed by atoms with van der Waals surface area (Å²) < 4.78 is 3.15. The lowest BCUT2D eigenvalue weighted by atomic mass is 9.83. The number of hydrazone groups is 2. The molecule has 5 amide bonds. The molecular formula is C14H22N8O5S. The molecule has 0 aromatic heterocycles. The smallest absolute Gasteiger partial charge is 0.332 e. The predicted molar refractivity (Wildman–Crippen MR) is 104 cm³/mol. The summed E-state index contributed by atoms with van der Waals surface area (Å²) in [6.45, 7) is 2.83. The number of thioether (sulfide) groups is 1. The summed E-state index contributed by atoms with van der Waals surface area (Å²) >= 11 is 0.926. The molecule has 1 fully saturated rings. The van der Waals surface area contributed by atoms with Crippen molar-refractivity contribution in [1.29, 1.82) is 0 Å². The summed E-state index contributed by atoms with van der Waals surface area (Å²) in [5, 5.41) is 7.91. The number of methoxy groups -OCH3 is 1. The maximum atomic E-state index is 13.2. The zero-order valence-corrected chi connectivity index (χ0v) is 16.8. The number of primary amides is 2. The van der Waals surface area contributed by atoms with Crippen LogP contribution in [-0.2, 0) is 14.3 Å². The van der Waals surface area contributed by atoms with Crippen LogP contribution in [0.3, 0.4) is 0 Å². The van der Waals surface area contributed by atoms with Crippen molar-refractivity contribution in [3.05, 3.63) is 0 Å². The lowest BCUT2D eigenvalue weighted by molar-refractivity contribution is -0.145. The van der Waals surface area contributed by atoms with Crippen molar-refractivity contribution in [3.8, 4) is 0 Å². The van der Waals surface area contributed by atoms with Gasteiger partial charge in [0.15, 0.2) is 9.91 Å². The highest BCUT2D eigenvalue weighted by Crippen LogP contribution is 2.45. The second-order valence-electron chi connectivity index (χ2n) is 5.57. The first-order valence-electron chi connectivity index (χ1n) is 7.74. The number of hydrogen-bond acceptors (Lipinski definition) is 9. The quantitative estimate of drug-likeness (QED) is 0.239. The standard InChI is InChI=1S/C14H22N8O5S/c1-6(18-20-11(15)25)8(9(23)27-5)14(7(2)19-21-12(16)26)10(24)22(4)13(17-3)28-14/h8H,1-5H3,(H3,15,20,25)(H3,16,21,26)/b17-13?,18-6+,19-7+. The second-order valence-corrected chi connectivity index (χ2v) is 6.78. The summed E-state index contributed by atoms with van der Waals surface area (Å²) in [7, 11) is 4.07. The van der Waals surface area contributed by atoms with Gasteiger partial charge in [-0.2, -0.15) is 10.2 Å². The average Bonchev–Trinajstić information content (AvgIpc) is 2.90. The van der Waals surface area contributed by atoms with Crippen molar-refractivity contribution in [2.24, 2.45) is 32.6 Å². The Kier molecular flexibility index (Phi) is 7.49. The Labute approximate surface area is 165 Å². The highest BCUT2D eigenvalue weighted by atomic mass is 32.2. The second kappa shape index (κ2) is 9.16. The third kappa shape index (κ3) is 4.39. The number of amides is 5. The molecule has 1 heterocycles. The van der Waals surface area contributed by atoms with Crippen LogP contribution in [0, 0.1) is 5.92 Å². The van der Waals surface area contributed by atoms with Crippen LogP contribution < -0.4 is 22.3 Å². The van der Waals surface area contributed by atoms with Gasteiger partial charge in [0.05, 0.1) is 18.5 Å². The van der Waals surface area contributed by atoms with Gasteiger partial charge >= 0.3 is 18.0 Å². The number of nitrogens with two attached hydrogens (primary N) is 2. The van der Waals surface area contributed by atoms with Crippen LogP contribution in [0.25, 0.3) is 0 Å². The summed E-state index contributed by atoms with van der Waals surface area (Å²) in [6.07, 6.45) is 0. The van der Waals surface area contributed by atoms with Gasteiger partial charge in [-0.3, -0.25) is 19.5 Å². The number of hydrogen-bond donors (Lipinski definition) is 4. The van der Waals surface area contributed by atoms with Crippen molar-refractivity contribution in [3.63, 3.8) is 0 Å². The van der Waals surface area contributed by atoms with Crippen molar-refractivity contribution in [2.45, 2.75) is 18.6 Å². The summed E-state index contributed by atoms with van der Waals surface area (Å²) in [5.41, 5.74) is 14.2. The number of nitrogens with one attached hydrogen (secondary N) is 2. The van der Waals surface area contributed by atoms with Gasteiger partial charge in [-0.15, -0.1) is 0 Å². The summed E-state index contributed by atoms with van der Waals surface area (Å²) in [6, 6.07) is -1.92. The molecule has 0 aromatic carbocycles. The highest BCUT2D eigenvalue weighted by Gasteiger charge is 2.61. The molecule has 0 spiro atoms. The number of ether oxygens (including phenoxy) is 1. The Morgan fingerprint density at radius 3 is 2.14 bits per heavy atom. The van der Waals surface area contributed by atoms with Crippen LogP contribution in [0.2, 0.25) is 0 Å². The van der Waals surface area contributed by atoms with Gasteiger partial charge in [0, 0.05) is 14.1 Å². The largest absolute Gasteiger partial charge is 0.468 e. The van der Waals surface area contributed by atoms with Gasteiger partial charge in [0.25, 0.3) is 5.91 Å². The number of amidine groups is 1. The molecule has 1 rings (SSSR count). The molecule has 14 heteroatoms. The van der Waals surface area contributed by atoms with Gasteiger partial charge in [-0.05, 0) is 13.8 Å². The SMILES string of the molecule is CN=C1SC(/C(C)=N/NC(N)=O)(C(C(=O)OC)/C(C)=N/NC(N)=O)C(=O)N1C. The average molecular weight is 414 g/mol. The molecule has 1 aliphatic heterocycles. The van der Waals surface area contributed by atoms with Gasteiger partial charge < -0.3 is 16.2 Å². The topological polar surface area (TPSA) is 194 Å². The van der Waals surface area contributed by atoms with E-state index in [4.69, 9.17) is 16.2 Å². The van der Waals surface area contributed by atoms with E-state index in [-0.39, 0.29) is 11.4 Å². The molecule has 28 heavy (non-hydrogen) atoms. The fraction of sp³-hybridized carbons (Fsp3) is 0.500. The lowest BCUT2D eigenvalue weighted by Gasteiger charge is -2.32. The Bertz CT molecular complexity index is 780. The monoisotopic (exact) mass is 414 g/mol. The normalized spacial score (nSPS) is 22.8. The van der Waals surface area contributed by atoms with Crippen LogP contribution in [0.15, 0.2) is 15.2 Å². The molecule has 0 bridgehead atoms. The van der Waals surface area contributed by atoms with E-state index in [0.717, 1.165) is 18.9 Å². The first kappa shape index (κ1) is 22.9. The zero-order valence-electron chi connectivity index (χ0n) is 16.0. The number of aliphatic imine (C=N–C) groups is 1. The minimum Gasteiger partial charge on any atom is -0.468 e. The molecule has 0 aliphatic carbocycles. The molecule has 2 atom stereocenters. The van der Waals surface area contributed by atoms with Gasteiger partial charge in [-0.25, -0.2) is 20.4 Å². The van der Waals surface area contributed by atoms with Crippen LogP contribution in [0.1, 0.15) is 13.8 Å². The minimum atomic E-state index is -1.70. The van der Waals surface area contributed by atoms with E-state index in [1.54, 1.807) is 0 Å². The Morgan fingerprint density at radius 1 is 1.18 bits per heavy atom. The van der Waals surface area contributed by atoms with Crippen LogP contribution in [0.4, 0.5) is 9.59 Å². The highest BCUT2D eigenvalue weighted by molar-refractivity contribution is 8.17. The molecule has 6 N–H and O–H groups in total. The van der Waals surface area contributed by atoms with E-state index >= 15 is 0 Å². The Balaban J connectivity index is 3.71. The summed E-state index contributed by atoms with van der Waals surface area (Å²) in [4.78, 5) is 53.2. The first-order chi connectivity index (χ1) is 13.0. The Morgan fingerprint density at radius 2 is 1.71 bits per heavy atom. The van der Waals surface area contributed by atoms with Crippen LogP contribution in [0.5, 0.6) is 0 Å². The molecule has 0 aromatic rings. The maximum Gasteiger partial charge on any atom is 0.332 e. The third-order valence-corrected chi connectivity index (χ3v) is 5.49. The molecule has 154 valence electrons. The molecule has 1 aliphatic rings. The van der Waals surface area contributed by atoms with Gasteiger partial charge in [0.1, 0.15) is 5.92 Å². The van der Waals surface area contributed by atoms with E-state index in [9.17, 15) is 19.2 Å². The van der Waals surface area contributed by atoms with E-state index in [0.29, 0.717) is 5.17 Å². The van der Waals surface area contributed by atoms with Crippen molar-refractivity contribution < 1.29 is 23.9 Å². The zero-order chi connectivity index (χ0) is 21.6. The molecule has 1 saturated heterocycles.